The molecule has 0 aliphatic carbocycles. The zero-order valence-electron chi connectivity index (χ0n) is 35.6. The standard InChI is InChI=1S/C48H50N8O7/c1-27(2)41(53-47(59)61-3)45(57)55-20-10-17-38(55)44-50-25-36(52-44)34-23-39-40(32-15-9-8-14-31(32)34)33-22-29(18-19-30(33)26-63-39)35-24-49-43(51-35)37-16-11-21-56(37)46(58)42(54-48(60)62-4)28-12-6-5-7-13-28/h5-9,12-15,18-19,22-25,27,37-38,41-42H,10-11,16-17,20-21,26H2,1-4H3,(H,49,51)(H,50,52)(H,53,59)(H,54,60)/t37-,38-,41-,42+/m0/s1. The number of carbonyl (C=O) groups excluding carboxylic acids is 4. The van der Waals surface area contributed by atoms with Gasteiger partial charge in [0.1, 0.15) is 36.1 Å². The summed E-state index contributed by atoms with van der Waals surface area (Å²) >= 11 is 0. The van der Waals surface area contributed by atoms with E-state index in [0.717, 1.165) is 81.4 Å². The van der Waals surface area contributed by atoms with Crippen LogP contribution in [0.25, 0.3) is 44.4 Å². The Labute approximate surface area is 364 Å². The molecule has 4 atom stereocenters. The molecule has 0 spiro atoms. The Bertz CT molecular complexity index is 2690. The van der Waals surface area contributed by atoms with Crippen molar-refractivity contribution in [2.45, 2.75) is 70.3 Å². The summed E-state index contributed by atoms with van der Waals surface area (Å²) in [6.07, 6.45) is 5.39. The van der Waals surface area contributed by atoms with Crippen molar-refractivity contribution in [2.24, 2.45) is 5.92 Å². The van der Waals surface area contributed by atoms with Gasteiger partial charge in [0.2, 0.25) is 5.91 Å². The van der Waals surface area contributed by atoms with E-state index in [4.69, 9.17) is 24.2 Å². The van der Waals surface area contributed by atoms with Gasteiger partial charge >= 0.3 is 12.2 Å². The normalized spacial score (nSPS) is 17.7. The van der Waals surface area contributed by atoms with Gasteiger partial charge in [-0.3, -0.25) is 9.59 Å². The Morgan fingerprint density at radius 1 is 0.730 bits per heavy atom. The van der Waals surface area contributed by atoms with E-state index in [1.54, 1.807) is 4.90 Å². The summed E-state index contributed by atoms with van der Waals surface area (Å²) in [5.74, 6) is 1.59. The number of hydrogen-bond donors (Lipinski definition) is 4. The molecular weight excluding hydrogens is 801 g/mol. The van der Waals surface area contributed by atoms with E-state index in [1.807, 2.05) is 73.6 Å². The summed E-state index contributed by atoms with van der Waals surface area (Å²) in [4.78, 5) is 72.7. The number of imidazole rings is 2. The minimum Gasteiger partial charge on any atom is -0.488 e. The van der Waals surface area contributed by atoms with Gasteiger partial charge in [0, 0.05) is 29.8 Å². The smallest absolute Gasteiger partial charge is 0.407 e. The van der Waals surface area contributed by atoms with E-state index in [1.165, 1.54) is 14.2 Å². The molecule has 0 bridgehead atoms. The number of aromatic nitrogens is 4. The summed E-state index contributed by atoms with van der Waals surface area (Å²) in [5, 5.41) is 7.48. The first kappa shape index (κ1) is 41.2. The Morgan fingerprint density at radius 3 is 2.03 bits per heavy atom. The van der Waals surface area contributed by atoms with Crippen molar-refractivity contribution in [2.75, 3.05) is 27.3 Å². The summed E-state index contributed by atoms with van der Waals surface area (Å²) in [7, 11) is 2.57. The Balaban J connectivity index is 0.997. The van der Waals surface area contributed by atoms with Crippen molar-refractivity contribution in [3.8, 4) is 39.4 Å². The van der Waals surface area contributed by atoms with Crippen LogP contribution >= 0.6 is 0 Å². The second-order valence-corrected chi connectivity index (χ2v) is 16.6. The summed E-state index contributed by atoms with van der Waals surface area (Å²) < 4.78 is 16.1. The van der Waals surface area contributed by atoms with Crippen LogP contribution in [0, 0.1) is 5.92 Å². The van der Waals surface area contributed by atoms with Gasteiger partial charge in [-0.2, -0.15) is 0 Å². The van der Waals surface area contributed by atoms with E-state index in [9.17, 15) is 19.2 Å². The second kappa shape index (κ2) is 17.3. The highest BCUT2D eigenvalue weighted by Gasteiger charge is 2.39. The second-order valence-electron chi connectivity index (χ2n) is 16.6. The summed E-state index contributed by atoms with van der Waals surface area (Å²) in [5.41, 5.74) is 7.25. The number of ether oxygens (including phenoxy) is 3. The SMILES string of the molecule is COC(=O)N[C@H](C(=O)N1CCC[C@H]1c1ncc(-c2cc3c(c4ccccc24)-c2cc(-c4cnc([C@@H]5CCCN5C(=O)[C@H](NC(=O)OC)c5ccccc5)[nH]4)ccc2CO3)[nH]1)C(C)C. The zero-order chi connectivity index (χ0) is 43.8. The summed E-state index contributed by atoms with van der Waals surface area (Å²) in [6, 6.07) is 23.6. The van der Waals surface area contributed by atoms with Crippen LogP contribution < -0.4 is 15.4 Å². The fourth-order valence-corrected chi connectivity index (χ4v) is 9.30. The first-order chi connectivity index (χ1) is 30.6. The van der Waals surface area contributed by atoms with Crippen LogP contribution in [0.3, 0.4) is 0 Å². The molecule has 0 radical (unpaired) electrons. The molecule has 9 rings (SSSR count). The van der Waals surface area contributed by atoms with Crippen molar-refractivity contribution in [1.82, 2.24) is 40.4 Å². The van der Waals surface area contributed by atoms with Gasteiger partial charge < -0.3 is 44.6 Å². The summed E-state index contributed by atoms with van der Waals surface area (Å²) in [6.45, 7) is 5.28. The number of likely N-dealkylation sites (tertiary alicyclic amines) is 2. The largest absolute Gasteiger partial charge is 0.488 e. The van der Waals surface area contributed by atoms with E-state index >= 15 is 0 Å². The van der Waals surface area contributed by atoms with Crippen molar-refractivity contribution >= 4 is 34.8 Å². The minimum atomic E-state index is -0.906. The molecule has 6 aromatic rings. The molecule has 324 valence electrons. The average molecular weight is 851 g/mol. The van der Waals surface area contributed by atoms with Gasteiger partial charge in [0.05, 0.1) is 50.1 Å². The molecule has 3 aliphatic heterocycles. The molecular formula is C48H50N8O7. The number of aromatic amines is 2. The maximum atomic E-state index is 14.1. The highest BCUT2D eigenvalue weighted by molar-refractivity contribution is 6.08. The number of amides is 4. The minimum absolute atomic E-state index is 0.136. The number of H-pyrrole nitrogens is 2. The van der Waals surface area contributed by atoms with Gasteiger partial charge in [-0.25, -0.2) is 19.6 Å². The Hall–Kier alpha value is -7.16. The molecule has 63 heavy (non-hydrogen) atoms. The van der Waals surface area contributed by atoms with Crippen molar-refractivity contribution < 1.29 is 33.4 Å². The zero-order valence-corrected chi connectivity index (χ0v) is 35.6. The van der Waals surface area contributed by atoms with Gasteiger partial charge in [-0.15, -0.1) is 0 Å². The van der Waals surface area contributed by atoms with Crippen LogP contribution in [0.2, 0.25) is 0 Å². The van der Waals surface area contributed by atoms with E-state index in [0.29, 0.717) is 36.9 Å². The quantitative estimate of drug-likeness (QED) is 0.106. The Morgan fingerprint density at radius 2 is 1.35 bits per heavy atom. The van der Waals surface area contributed by atoms with Gasteiger partial charge in [-0.1, -0.05) is 80.6 Å². The number of hydrogen-bond acceptors (Lipinski definition) is 9. The highest BCUT2D eigenvalue weighted by Crippen LogP contribution is 2.47. The highest BCUT2D eigenvalue weighted by atomic mass is 16.5. The van der Waals surface area contributed by atoms with Crippen molar-refractivity contribution in [3.63, 3.8) is 0 Å². The van der Waals surface area contributed by atoms with E-state index in [-0.39, 0.29) is 29.8 Å². The lowest BCUT2D eigenvalue weighted by Gasteiger charge is -2.30. The predicted octanol–water partition coefficient (Wildman–Crippen LogP) is 7.98. The van der Waals surface area contributed by atoms with E-state index in [2.05, 4.69) is 57.0 Å². The lowest BCUT2D eigenvalue weighted by Crippen LogP contribution is -2.51. The fraction of sp³-hybridized carbons (Fsp3) is 0.333. The first-order valence-electron chi connectivity index (χ1n) is 21.4. The molecule has 4 aromatic carbocycles. The van der Waals surface area contributed by atoms with Crippen LogP contribution in [0.1, 0.15) is 80.4 Å². The molecule has 4 N–H and O–H groups in total. The van der Waals surface area contributed by atoms with Crippen LogP contribution in [0.4, 0.5) is 9.59 Å². The maximum absolute atomic E-state index is 14.1. The predicted molar refractivity (Wildman–Crippen MR) is 235 cm³/mol. The third-order valence-electron chi connectivity index (χ3n) is 12.5. The number of nitrogens with one attached hydrogen (secondary N) is 4. The third-order valence-corrected chi connectivity index (χ3v) is 12.5. The van der Waals surface area contributed by atoms with Crippen LogP contribution in [0.5, 0.6) is 5.75 Å². The third kappa shape index (κ3) is 7.83. The number of carbonyl (C=O) groups is 4. The van der Waals surface area contributed by atoms with Crippen LogP contribution in [-0.4, -0.2) is 87.1 Å². The van der Waals surface area contributed by atoms with Crippen molar-refractivity contribution in [1.29, 1.82) is 0 Å². The molecule has 2 fully saturated rings. The van der Waals surface area contributed by atoms with Crippen molar-refractivity contribution in [3.05, 3.63) is 114 Å². The molecule has 4 amide bonds. The maximum Gasteiger partial charge on any atom is 0.407 e. The average Bonchev–Trinajstić information content (AvgIpc) is 4.16. The fourth-order valence-electron chi connectivity index (χ4n) is 9.30. The van der Waals surface area contributed by atoms with Gasteiger partial charge in [-0.05, 0) is 71.2 Å². The molecule has 3 aliphatic rings. The van der Waals surface area contributed by atoms with Gasteiger partial charge in [0.25, 0.3) is 5.91 Å². The molecule has 2 saturated heterocycles. The van der Waals surface area contributed by atoms with Crippen LogP contribution in [0.15, 0.2) is 91.3 Å². The lowest BCUT2D eigenvalue weighted by molar-refractivity contribution is -0.135. The monoisotopic (exact) mass is 850 g/mol. The molecule has 2 aromatic heterocycles. The number of fused-ring (bicyclic) bond motifs is 5. The van der Waals surface area contributed by atoms with Gasteiger partial charge in [0.15, 0.2) is 0 Å². The molecule has 0 saturated carbocycles. The number of alkyl carbamates (subject to hydrolysis) is 2. The number of nitrogens with zero attached hydrogens (tertiary/aromatic N) is 4. The Kier molecular flexibility index (Phi) is 11.3. The molecule has 15 nitrogen and oxygen atoms in total. The lowest BCUT2D eigenvalue weighted by atomic mass is 9.88. The van der Waals surface area contributed by atoms with Crippen LogP contribution in [-0.2, 0) is 25.7 Å². The molecule has 0 unspecified atom stereocenters. The first-order valence-corrected chi connectivity index (χ1v) is 21.4. The number of rotatable bonds is 10. The molecule has 15 heteroatoms. The van der Waals surface area contributed by atoms with E-state index < -0.39 is 24.3 Å². The number of methoxy groups -OCH3 is 2. The number of benzene rings is 4. The molecule has 5 heterocycles. The topological polar surface area (TPSA) is 184 Å².